The van der Waals surface area contributed by atoms with Crippen molar-refractivity contribution in [1.29, 1.82) is 0 Å². The third kappa shape index (κ3) is 3.54. The molecule has 1 aliphatic carbocycles. The van der Waals surface area contributed by atoms with E-state index in [1.807, 2.05) is 0 Å². The van der Waals surface area contributed by atoms with Gasteiger partial charge in [-0.3, -0.25) is 9.52 Å². The lowest BCUT2D eigenvalue weighted by molar-refractivity contribution is -0.117. The normalized spacial score (nSPS) is 18.3. The lowest BCUT2D eigenvalue weighted by atomic mass is 10.0. The van der Waals surface area contributed by atoms with E-state index in [2.05, 4.69) is 4.72 Å². The van der Waals surface area contributed by atoms with Crippen molar-refractivity contribution in [1.82, 2.24) is 4.72 Å². The van der Waals surface area contributed by atoms with E-state index in [9.17, 15) is 31.1 Å². The van der Waals surface area contributed by atoms with Crippen LogP contribution in [-0.4, -0.2) is 39.6 Å². The van der Waals surface area contributed by atoms with Crippen molar-refractivity contribution in [3.05, 3.63) is 42.0 Å². The molecule has 9 nitrogen and oxygen atoms in total. The van der Waals surface area contributed by atoms with Crippen LogP contribution in [0.5, 0.6) is 5.75 Å². The zero-order valence-corrected chi connectivity index (χ0v) is 16.7. The highest BCUT2D eigenvalue weighted by Crippen LogP contribution is 2.40. The SMILES string of the molecule is O=C1CN(c2c(O)ccc(-c3ccc(NS(=O)(=O)C4CC4)cc3F)c2F)S(=O)(=O)N1. The molecule has 2 aromatic carbocycles. The summed E-state index contributed by atoms with van der Waals surface area (Å²) in [6, 6.07) is 5.25. The van der Waals surface area contributed by atoms with E-state index >= 15 is 4.39 Å². The summed E-state index contributed by atoms with van der Waals surface area (Å²) < 4.78 is 82.0. The van der Waals surface area contributed by atoms with Crippen LogP contribution in [0.2, 0.25) is 0 Å². The van der Waals surface area contributed by atoms with E-state index in [0.717, 1.165) is 24.3 Å². The van der Waals surface area contributed by atoms with Crippen LogP contribution in [-0.2, 0) is 25.0 Å². The van der Waals surface area contributed by atoms with Crippen LogP contribution >= 0.6 is 0 Å². The summed E-state index contributed by atoms with van der Waals surface area (Å²) in [5.41, 5.74) is -1.52. The van der Waals surface area contributed by atoms with Gasteiger partial charge >= 0.3 is 10.2 Å². The van der Waals surface area contributed by atoms with Gasteiger partial charge in [-0.15, -0.1) is 0 Å². The molecular formula is C17H15F2N3O6S2. The monoisotopic (exact) mass is 459 g/mol. The van der Waals surface area contributed by atoms with Gasteiger partial charge in [-0.05, 0) is 43.2 Å². The molecule has 30 heavy (non-hydrogen) atoms. The van der Waals surface area contributed by atoms with Gasteiger partial charge in [0.25, 0.3) is 5.91 Å². The largest absolute Gasteiger partial charge is 0.506 e. The fourth-order valence-corrected chi connectivity index (χ4v) is 5.61. The maximum Gasteiger partial charge on any atom is 0.326 e. The number of nitrogens with zero attached hydrogens (tertiary/aromatic N) is 1. The molecule has 3 N–H and O–H groups in total. The number of phenols is 1. The Morgan fingerprint density at radius 3 is 2.37 bits per heavy atom. The Hall–Kier alpha value is -2.93. The molecule has 0 radical (unpaired) electrons. The zero-order chi connectivity index (χ0) is 21.8. The minimum atomic E-state index is -4.41. The highest BCUT2D eigenvalue weighted by atomic mass is 32.2. The molecule has 0 spiro atoms. The van der Waals surface area contributed by atoms with Crippen molar-refractivity contribution in [2.24, 2.45) is 0 Å². The quantitative estimate of drug-likeness (QED) is 0.620. The number of nitrogens with one attached hydrogen (secondary N) is 2. The van der Waals surface area contributed by atoms with Crippen molar-refractivity contribution in [3.63, 3.8) is 0 Å². The Labute approximate surface area is 170 Å². The molecule has 1 saturated heterocycles. The fourth-order valence-electron chi connectivity index (χ4n) is 3.07. The topological polar surface area (TPSA) is 133 Å². The number of halogens is 2. The smallest absolute Gasteiger partial charge is 0.326 e. The van der Waals surface area contributed by atoms with Crippen molar-refractivity contribution < 1.29 is 35.5 Å². The van der Waals surface area contributed by atoms with Gasteiger partial charge in [0, 0.05) is 11.1 Å². The van der Waals surface area contributed by atoms with E-state index in [1.165, 1.54) is 6.07 Å². The van der Waals surface area contributed by atoms with E-state index in [-0.39, 0.29) is 16.8 Å². The molecule has 2 aromatic rings. The fraction of sp³-hybridized carbons (Fsp3) is 0.235. The van der Waals surface area contributed by atoms with Gasteiger partial charge in [0.1, 0.15) is 23.8 Å². The van der Waals surface area contributed by atoms with Crippen molar-refractivity contribution in [2.45, 2.75) is 18.1 Å². The molecule has 1 saturated carbocycles. The first kappa shape index (κ1) is 20.3. The van der Waals surface area contributed by atoms with Crippen LogP contribution in [0.3, 0.4) is 0 Å². The summed E-state index contributed by atoms with van der Waals surface area (Å²) >= 11 is 0. The summed E-state index contributed by atoms with van der Waals surface area (Å²) in [4.78, 5) is 11.4. The Morgan fingerprint density at radius 2 is 1.80 bits per heavy atom. The number of amides is 1. The van der Waals surface area contributed by atoms with Crippen LogP contribution in [0, 0.1) is 11.6 Å². The number of sulfonamides is 1. The van der Waals surface area contributed by atoms with Crippen LogP contribution in [0.25, 0.3) is 11.1 Å². The summed E-state index contributed by atoms with van der Waals surface area (Å²) in [5.74, 6) is -3.91. The van der Waals surface area contributed by atoms with Crippen molar-refractivity contribution in [2.75, 3.05) is 15.6 Å². The zero-order valence-electron chi connectivity index (χ0n) is 15.1. The number of phenolic OH excluding ortho intramolecular Hbond substituents is 1. The first-order valence-electron chi connectivity index (χ1n) is 8.66. The molecule has 2 aliphatic rings. The molecule has 0 bridgehead atoms. The van der Waals surface area contributed by atoms with Crippen molar-refractivity contribution >= 4 is 37.5 Å². The summed E-state index contributed by atoms with van der Waals surface area (Å²) in [5, 5.41) is 9.47. The molecule has 1 heterocycles. The molecule has 1 amide bonds. The summed E-state index contributed by atoms with van der Waals surface area (Å²) in [6.45, 7) is -0.749. The first-order chi connectivity index (χ1) is 14.0. The Bertz CT molecular complexity index is 1280. The van der Waals surface area contributed by atoms with Crippen LogP contribution in [0.1, 0.15) is 12.8 Å². The minimum Gasteiger partial charge on any atom is -0.506 e. The highest BCUT2D eigenvalue weighted by Gasteiger charge is 2.38. The average Bonchev–Trinajstić information content (AvgIpc) is 3.43. The number of rotatable bonds is 5. The van der Waals surface area contributed by atoms with Crippen LogP contribution < -0.4 is 13.7 Å². The molecular weight excluding hydrogens is 444 g/mol. The molecule has 13 heteroatoms. The van der Waals surface area contributed by atoms with E-state index in [0.29, 0.717) is 17.1 Å². The molecule has 4 rings (SSSR count). The van der Waals surface area contributed by atoms with Crippen LogP contribution in [0.4, 0.5) is 20.2 Å². The van der Waals surface area contributed by atoms with Gasteiger partial charge in [-0.25, -0.2) is 26.2 Å². The number of hydrogen-bond acceptors (Lipinski definition) is 6. The van der Waals surface area contributed by atoms with Crippen molar-refractivity contribution in [3.8, 4) is 16.9 Å². The summed E-state index contributed by atoms with van der Waals surface area (Å²) in [6.07, 6.45) is 1.04. The number of aromatic hydroxyl groups is 1. The second-order valence-corrected chi connectivity index (χ2v) is 10.4. The predicted octanol–water partition coefficient (Wildman–Crippen LogP) is 1.42. The van der Waals surface area contributed by atoms with Gasteiger partial charge in [0.05, 0.1) is 10.9 Å². The first-order valence-corrected chi connectivity index (χ1v) is 11.6. The third-order valence-corrected chi connectivity index (χ3v) is 7.89. The Kier molecular flexibility index (Phi) is 4.62. The maximum atomic E-state index is 15.1. The number of hydrogen-bond donors (Lipinski definition) is 3. The molecule has 160 valence electrons. The molecule has 1 aliphatic heterocycles. The molecule has 2 fully saturated rings. The lowest BCUT2D eigenvalue weighted by Gasteiger charge is -2.19. The van der Waals surface area contributed by atoms with Gasteiger partial charge < -0.3 is 5.11 Å². The van der Waals surface area contributed by atoms with Gasteiger partial charge in [0.2, 0.25) is 10.0 Å². The average molecular weight is 459 g/mol. The van der Waals surface area contributed by atoms with Crippen LogP contribution in [0.15, 0.2) is 30.3 Å². The number of carbonyl (C=O) groups is 1. The number of carbonyl (C=O) groups excluding carboxylic acids is 1. The van der Waals surface area contributed by atoms with Gasteiger partial charge in [-0.1, -0.05) is 0 Å². The summed E-state index contributed by atoms with van der Waals surface area (Å²) in [7, 11) is -8.03. The Balaban J connectivity index is 1.74. The minimum absolute atomic E-state index is 0.0422. The maximum absolute atomic E-state index is 15.1. The van der Waals surface area contributed by atoms with Gasteiger partial charge in [-0.2, -0.15) is 8.42 Å². The lowest BCUT2D eigenvalue weighted by Crippen LogP contribution is -2.30. The van der Waals surface area contributed by atoms with Gasteiger partial charge in [0.15, 0.2) is 5.82 Å². The van der Waals surface area contributed by atoms with E-state index < -0.39 is 61.0 Å². The Morgan fingerprint density at radius 1 is 1.13 bits per heavy atom. The molecule has 0 aromatic heterocycles. The number of benzene rings is 2. The van der Waals surface area contributed by atoms with E-state index in [1.54, 1.807) is 4.72 Å². The standard InChI is InChI=1S/C17H15F2N3O6S2/c18-13-7-9(20-29(25,26)10-2-3-10)1-4-11(13)12-5-6-14(23)17(16(12)19)22-8-15(24)21-30(22,27)28/h1,4-7,10,20,23H,2-3,8H2,(H,21,24). The number of anilines is 2. The third-order valence-electron chi connectivity index (χ3n) is 4.65. The highest BCUT2D eigenvalue weighted by molar-refractivity contribution is 7.93. The van der Waals surface area contributed by atoms with E-state index in [4.69, 9.17) is 0 Å². The molecule has 0 atom stereocenters. The second-order valence-electron chi connectivity index (χ2n) is 6.87. The second kappa shape index (κ2) is 6.80. The predicted molar refractivity (Wildman–Crippen MR) is 103 cm³/mol. The molecule has 0 unspecified atom stereocenters.